The summed E-state index contributed by atoms with van der Waals surface area (Å²) in [4.78, 5) is 66.2. The van der Waals surface area contributed by atoms with Crippen molar-refractivity contribution >= 4 is 121 Å². The van der Waals surface area contributed by atoms with E-state index in [1.807, 2.05) is 0 Å². The van der Waals surface area contributed by atoms with Crippen LogP contribution in [0.4, 0.5) is 79.0 Å². The summed E-state index contributed by atoms with van der Waals surface area (Å²) in [6.45, 7) is 1.73. The Morgan fingerprint density at radius 2 is 0.704 bits per heavy atom. The summed E-state index contributed by atoms with van der Waals surface area (Å²) < 4.78 is 370. The van der Waals surface area contributed by atoms with Gasteiger partial charge in [-0.1, -0.05) is 31.9 Å². The second-order valence-electron chi connectivity index (χ2n) is 14.2. The topological polar surface area (TPSA) is 379 Å². The van der Waals surface area contributed by atoms with Crippen LogP contribution in [0.2, 0.25) is 0 Å². The van der Waals surface area contributed by atoms with Gasteiger partial charge in [0.05, 0.1) is 45.4 Å². The quantitative estimate of drug-likeness (QED) is 0.0259. The number of nitrogens with zero attached hydrogens (tertiary/aromatic N) is 1. The molecule has 0 aromatic heterocycles. The van der Waals surface area contributed by atoms with Gasteiger partial charge in [0.15, 0.2) is 13.7 Å². The molecule has 81 heavy (non-hydrogen) atoms. The predicted octanol–water partition coefficient (Wildman–Crippen LogP) is 4.44. The maximum atomic E-state index is 12.9. The molecule has 0 heterocycles. The van der Waals surface area contributed by atoms with Crippen LogP contribution in [-0.2, 0) is 107 Å². The van der Waals surface area contributed by atoms with Crippen LogP contribution in [0, 0.1) is 10.1 Å². The zero-order chi connectivity index (χ0) is 66.0. The molecule has 0 rings (SSSR count). The first kappa shape index (κ1) is 81.4. The Morgan fingerprint density at radius 3 is 0.926 bits per heavy atom. The molecule has 25 nitrogen and oxygen atoms in total. The Labute approximate surface area is 459 Å². The van der Waals surface area contributed by atoms with Gasteiger partial charge in [0.1, 0.15) is 0 Å². The lowest BCUT2D eigenvalue weighted by molar-refractivity contribution is -0.542. The molecule has 1 unspecified atom stereocenters. The number of methoxy groups -OCH3 is 2. The molecule has 0 aromatic carbocycles. The van der Waals surface area contributed by atoms with Crippen molar-refractivity contribution < 1.29 is 182 Å². The fraction of sp³-hybridized carbons (Fsp3) is 0.833. The van der Waals surface area contributed by atoms with Gasteiger partial charge in [-0.25, -0.2) is 69.7 Å². The van der Waals surface area contributed by atoms with Crippen LogP contribution in [0.15, 0.2) is 0 Å². The smallest absolute Gasteiger partial charge is 0.468 e. The number of carbonyl (C=O) groups excluding carboxylic acids is 5. The average molecular weight is 1490 g/mol. The van der Waals surface area contributed by atoms with E-state index in [4.69, 9.17) is 0 Å². The molecular formula is C30H35Br2F18NO24S6. The second kappa shape index (κ2) is 28.4. The van der Waals surface area contributed by atoms with Gasteiger partial charge in [-0.2, -0.15) is 79.0 Å². The summed E-state index contributed by atoms with van der Waals surface area (Å²) in [5.74, 6) is -9.45. The molecule has 0 saturated heterocycles. The van der Waals surface area contributed by atoms with E-state index in [9.17, 15) is 164 Å². The Hall–Kier alpha value is -3.85. The third kappa shape index (κ3) is 19.1. The molecule has 1 atom stereocenters. The van der Waals surface area contributed by atoms with Gasteiger partial charge in [0.2, 0.25) is 4.32 Å². The van der Waals surface area contributed by atoms with Crippen molar-refractivity contribution in [2.45, 2.75) is 114 Å². The van der Waals surface area contributed by atoms with E-state index in [-0.39, 0.29) is 6.61 Å². The minimum absolute atomic E-state index is 0.0285. The third-order valence-corrected chi connectivity index (χ3v) is 24.3. The summed E-state index contributed by atoms with van der Waals surface area (Å²) >= 11 is 4.75. The van der Waals surface area contributed by atoms with E-state index in [0.29, 0.717) is 14.2 Å². The largest absolute Gasteiger partial charge is 0.498 e. The molecule has 0 spiro atoms. The van der Waals surface area contributed by atoms with Crippen LogP contribution in [0.1, 0.15) is 52.9 Å². The summed E-state index contributed by atoms with van der Waals surface area (Å²) in [5, 5.41) is 11.4. The van der Waals surface area contributed by atoms with Gasteiger partial charge < -0.3 is 23.7 Å². The van der Waals surface area contributed by atoms with Crippen molar-refractivity contribution in [3.8, 4) is 0 Å². The van der Waals surface area contributed by atoms with Crippen LogP contribution in [0.3, 0.4) is 0 Å². The van der Waals surface area contributed by atoms with Crippen LogP contribution < -0.4 is 0 Å². The van der Waals surface area contributed by atoms with Crippen LogP contribution in [-0.4, -0.2) is 181 Å². The van der Waals surface area contributed by atoms with Crippen LogP contribution in [0.25, 0.3) is 0 Å². The average Bonchev–Trinajstić information content (AvgIpc) is 3.26. The highest BCUT2D eigenvalue weighted by molar-refractivity contribution is 9.10. The molecule has 0 bridgehead atoms. The standard InChI is InChI=1S/C11H13F6NO10S2.C10H13BrF6O6S2.C9H9BrF6O8S2/c1-3-27-7(19)9(18(21)22,8(20)28-4-2)5-6(29(23,24)10(12,13)14)30(25,26)11(15,16)17;1-2-23-7(18)4-3-6(11)5-8(24(19,20)9(12,13)14)25(21,22)10(15,16)17;1-23-5(17)7(10,6(18)24-2)3-4(25(19,20)8(11,12)13)26(21,22)9(14,15)16/h6H,3-5H2,1-2H3;6,8H,2-5H2,1H3;4H,3H2,1-2H3. The monoisotopic (exact) mass is 1480 g/mol. The number of alkyl halides is 20. The number of nitro groups is 1. The number of carbonyl (C=O) groups is 5. The number of sulfone groups is 6. The zero-order valence-electron chi connectivity index (χ0n) is 39.7. The molecular weight excluding hydrogens is 1450 g/mol. The molecule has 0 fully saturated rings. The highest BCUT2D eigenvalue weighted by Crippen LogP contribution is 2.44. The van der Waals surface area contributed by atoms with Crippen molar-refractivity contribution in [3.63, 3.8) is 0 Å². The number of hydrogen-bond acceptors (Lipinski definition) is 24. The van der Waals surface area contributed by atoms with Gasteiger partial charge in [-0.15, -0.1) is 0 Å². The molecule has 0 aromatic rings. The van der Waals surface area contributed by atoms with E-state index in [1.54, 1.807) is 0 Å². The fourth-order valence-electron chi connectivity index (χ4n) is 4.94. The van der Waals surface area contributed by atoms with Gasteiger partial charge in [-0.3, -0.25) is 14.9 Å². The van der Waals surface area contributed by atoms with Crippen molar-refractivity contribution in [1.82, 2.24) is 0 Å². The van der Waals surface area contributed by atoms with E-state index in [2.05, 4.69) is 55.5 Å². The minimum Gasteiger partial charge on any atom is -0.468 e. The predicted molar refractivity (Wildman–Crippen MR) is 232 cm³/mol. The van der Waals surface area contributed by atoms with Crippen molar-refractivity contribution in [1.29, 1.82) is 0 Å². The highest BCUT2D eigenvalue weighted by atomic mass is 79.9. The van der Waals surface area contributed by atoms with Crippen LogP contribution in [0.5, 0.6) is 0 Å². The lowest BCUT2D eigenvalue weighted by atomic mass is 9.97. The van der Waals surface area contributed by atoms with E-state index in [0.717, 1.165) is 13.8 Å². The Morgan fingerprint density at radius 1 is 0.457 bits per heavy atom. The maximum Gasteiger partial charge on any atom is 0.498 e. The van der Waals surface area contributed by atoms with Crippen molar-refractivity contribution in [2.24, 2.45) is 0 Å². The van der Waals surface area contributed by atoms with Crippen molar-refractivity contribution in [2.75, 3.05) is 34.0 Å². The summed E-state index contributed by atoms with van der Waals surface area (Å²) in [5.41, 5.74) is -43.0. The molecule has 0 amide bonds. The third-order valence-electron chi connectivity index (χ3n) is 8.89. The van der Waals surface area contributed by atoms with Gasteiger partial charge in [0, 0.05) is 17.7 Å². The number of halogens is 20. The Kier molecular flexibility index (Phi) is 28.5. The summed E-state index contributed by atoms with van der Waals surface area (Å²) in [7, 11) is -41.1. The van der Waals surface area contributed by atoms with Gasteiger partial charge >= 0.3 is 68.4 Å². The van der Waals surface area contributed by atoms with Crippen LogP contribution >= 0.6 is 31.9 Å². The molecule has 0 N–H and O–H groups in total. The molecule has 480 valence electrons. The number of ether oxygens (including phenoxy) is 5. The first-order valence-electron chi connectivity index (χ1n) is 19.5. The highest BCUT2D eigenvalue weighted by Gasteiger charge is 2.72. The maximum absolute atomic E-state index is 12.9. The molecule has 0 aliphatic rings. The molecule has 51 heteroatoms. The number of rotatable bonds is 23. The molecule has 0 aliphatic heterocycles. The van der Waals surface area contributed by atoms with E-state index >= 15 is 0 Å². The Bertz CT molecular complexity index is 2800. The zero-order valence-corrected chi connectivity index (χ0v) is 47.8. The summed E-state index contributed by atoms with van der Waals surface area (Å²) in [6, 6.07) is 0. The van der Waals surface area contributed by atoms with Gasteiger partial charge in [-0.05, 0) is 33.6 Å². The lowest BCUT2D eigenvalue weighted by Crippen LogP contribution is -2.60. The minimum atomic E-state index is -7.37. The first-order chi connectivity index (χ1) is 35.5. The molecule has 0 saturated carbocycles. The normalized spacial score (nSPS) is 14.4. The van der Waals surface area contributed by atoms with Crippen molar-refractivity contribution in [3.05, 3.63) is 10.1 Å². The van der Waals surface area contributed by atoms with E-state index in [1.165, 1.54) is 6.92 Å². The van der Waals surface area contributed by atoms with Gasteiger partial charge in [0.25, 0.3) is 59.0 Å². The number of hydrogen-bond donors (Lipinski definition) is 0. The fourth-order valence-corrected chi connectivity index (χ4v) is 17.7. The Balaban J connectivity index is -0.00000113. The molecule has 0 aliphatic carbocycles. The lowest BCUT2D eigenvalue weighted by Gasteiger charge is -2.27. The van der Waals surface area contributed by atoms with E-state index < -0.39 is 201 Å². The number of esters is 5. The first-order valence-corrected chi connectivity index (χ1v) is 30.5. The SMILES string of the molecule is CCOC(=O)C(CC(S(=O)(=O)C(F)(F)F)S(=O)(=O)C(F)(F)F)(C(=O)OCC)[N+](=O)[O-].CCOC(=O)CCC(Br)CC(S(=O)(=O)C(F)(F)F)S(=O)(=O)C(F)(F)F.COC(=O)C(Br)(CC(S(=O)(=O)C(F)(F)F)S(=O)(=O)C(F)(F)F)C(=O)OC. The molecule has 0 radical (unpaired) electrons. The summed E-state index contributed by atoms with van der Waals surface area (Å²) in [6.07, 6.45) is -7.69. The second-order valence-corrected chi connectivity index (χ2v) is 30.4.